The number of sulfonamides is 1. The molecular formula is C24H30N4O2S. The van der Waals surface area contributed by atoms with Crippen LogP contribution < -0.4 is 4.72 Å². The van der Waals surface area contributed by atoms with Crippen molar-refractivity contribution in [2.45, 2.75) is 44.7 Å². The molecule has 2 aromatic heterocycles. The van der Waals surface area contributed by atoms with Crippen LogP contribution in [-0.2, 0) is 29.4 Å². The Morgan fingerprint density at radius 1 is 1.16 bits per heavy atom. The normalized spacial score (nSPS) is 16.5. The summed E-state index contributed by atoms with van der Waals surface area (Å²) in [5.41, 5.74) is 4.81. The van der Waals surface area contributed by atoms with E-state index in [9.17, 15) is 8.42 Å². The molecule has 0 saturated carbocycles. The van der Waals surface area contributed by atoms with Crippen molar-refractivity contribution in [3.05, 3.63) is 71.3 Å². The lowest BCUT2D eigenvalue weighted by molar-refractivity contribution is 0.206. The third-order valence-corrected chi connectivity index (χ3v) is 6.79. The molecule has 0 spiro atoms. The molecule has 2 heterocycles. The Kier molecular flexibility index (Phi) is 6.65. The molecule has 4 rings (SSSR count). The molecule has 1 aliphatic rings. The largest absolute Gasteiger partial charge is 0.292 e. The fraction of sp³-hybridized carbons (Fsp3) is 0.417. The van der Waals surface area contributed by atoms with Crippen molar-refractivity contribution in [1.82, 2.24) is 19.6 Å². The zero-order chi connectivity index (χ0) is 21.8. The van der Waals surface area contributed by atoms with Crippen LogP contribution in [0.15, 0.2) is 48.8 Å². The average molecular weight is 439 g/mol. The summed E-state index contributed by atoms with van der Waals surface area (Å²) >= 11 is 0. The van der Waals surface area contributed by atoms with E-state index >= 15 is 0 Å². The maximum atomic E-state index is 11.4. The van der Waals surface area contributed by atoms with E-state index in [4.69, 9.17) is 9.97 Å². The van der Waals surface area contributed by atoms with Gasteiger partial charge in [-0.3, -0.25) is 14.9 Å². The summed E-state index contributed by atoms with van der Waals surface area (Å²) in [6, 6.07) is 12.8. The predicted octanol–water partition coefficient (Wildman–Crippen LogP) is 3.62. The number of hydrogen-bond donors (Lipinski definition) is 1. The zero-order valence-electron chi connectivity index (χ0n) is 18.2. The number of nitrogens with one attached hydrogen (secondary N) is 1. The number of rotatable bonds is 8. The summed E-state index contributed by atoms with van der Waals surface area (Å²) in [7, 11) is -1.02. The van der Waals surface area contributed by atoms with E-state index in [0.717, 1.165) is 43.3 Å². The average Bonchev–Trinajstić information content (AvgIpc) is 2.76. The second kappa shape index (κ2) is 9.42. The third kappa shape index (κ3) is 5.29. The number of hydrogen-bond acceptors (Lipinski definition) is 5. The van der Waals surface area contributed by atoms with Crippen molar-refractivity contribution in [2.75, 3.05) is 19.8 Å². The smallest absolute Gasteiger partial charge is 0.208 e. The van der Waals surface area contributed by atoms with E-state index in [-0.39, 0.29) is 6.04 Å². The highest BCUT2D eigenvalue weighted by atomic mass is 32.2. The lowest BCUT2D eigenvalue weighted by atomic mass is 9.90. The summed E-state index contributed by atoms with van der Waals surface area (Å²) in [6.07, 6.45) is 9.91. The van der Waals surface area contributed by atoms with Crippen LogP contribution in [0.5, 0.6) is 0 Å². The van der Waals surface area contributed by atoms with Crippen molar-refractivity contribution in [3.8, 4) is 0 Å². The summed E-state index contributed by atoms with van der Waals surface area (Å²) in [5.74, 6) is 0. The quantitative estimate of drug-likeness (QED) is 0.544. The van der Waals surface area contributed by atoms with Crippen LogP contribution in [0.3, 0.4) is 0 Å². The van der Waals surface area contributed by atoms with Gasteiger partial charge in [-0.25, -0.2) is 13.1 Å². The molecule has 31 heavy (non-hydrogen) atoms. The van der Waals surface area contributed by atoms with Gasteiger partial charge in [-0.05, 0) is 61.7 Å². The monoisotopic (exact) mass is 438 g/mol. The maximum absolute atomic E-state index is 11.4. The molecule has 0 fully saturated rings. The SMILES string of the molecule is CN(Cc1ncc2ccccc2c1CCCNS(C)(=O)=O)[C@H]1CCCc2cccnc21. The van der Waals surface area contributed by atoms with Crippen LogP contribution in [0, 0.1) is 0 Å². The molecule has 164 valence electrons. The Morgan fingerprint density at radius 3 is 2.84 bits per heavy atom. The first-order valence-electron chi connectivity index (χ1n) is 10.9. The van der Waals surface area contributed by atoms with Crippen LogP contribution >= 0.6 is 0 Å². The minimum atomic E-state index is -3.17. The Morgan fingerprint density at radius 2 is 2.00 bits per heavy atom. The van der Waals surface area contributed by atoms with Gasteiger partial charge in [0.25, 0.3) is 0 Å². The highest BCUT2D eigenvalue weighted by Crippen LogP contribution is 2.33. The van der Waals surface area contributed by atoms with Crippen molar-refractivity contribution in [2.24, 2.45) is 0 Å². The minimum absolute atomic E-state index is 0.290. The highest BCUT2D eigenvalue weighted by Gasteiger charge is 2.25. The standard InChI is InChI=1S/C24H30N4O2S/c1-28(23-13-5-9-18-10-6-14-25-24(18)23)17-22-21(12-7-15-27-31(2,29)30)20-11-4-3-8-19(20)16-26-22/h3-4,6,8,10-11,14,16,23,27H,5,7,9,12-13,15,17H2,1-2H3/t23-/m0/s1. The van der Waals surface area contributed by atoms with Crippen LogP contribution in [-0.4, -0.2) is 43.1 Å². The zero-order valence-corrected chi connectivity index (χ0v) is 19.0. The van der Waals surface area contributed by atoms with Crippen molar-refractivity contribution < 1.29 is 8.42 Å². The molecule has 0 radical (unpaired) electrons. The van der Waals surface area contributed by atoms with Crippen LogP contribution in [0.25, 0.3) is 10.8 Å². The Labute approximate surface area is 184 Å². The van der Waals surface area contributed by atoms with E-state index in [2.05, 4.69) is 40.9 Å². The van der Waals surface area contributed by atoms with Crippen molar-refractivity contribution in [1.29, 1.82) is 0 Å². The molecule has 0 unspecified atom stereocenters. The lowest BCUT2D eigenvalue weighted by Gasteiger charge is -2.32. The number of aromatic nitrogens is 2. The predicted molar refractivity (Wildman–Crippen MR) is 124 cm³/mol. The van der Waals surface area contributed by atoms with Gasteiger partial charge in [0.15, 0.2) is 0 Å². The van der Waals surface area contributed by atoms with E-state index < -0.39 is 10.0 Å². The number of benzene rings is 1. The van der Waals surface area contributed by atoms with Crippen LogP contribution in [0.4, 0.5) is 0 Å². The third-order valence-electron chi connectivity index (χ3n) is 6.06. The first kappa shape index (κ1) is 21.9. The van der Waals surface area contributed by atoms with Gasteiger partial charge in [-0.15, -0.1) is 0 Å². The van der Waals surface area contributed by atoms with Gasteiger partial charge in [0, 0.05) is 30.9 Å². The van der Waals surface area contributed by atoms with Crippen molar-refractivity contribution in [3.63, 3.8) is 0 Å². The Hall–Kier alpha value is -2.35. The number of aryl methyl sites for hydroxylation is 2. The summed E-state index contributed by atoms with van der Waals surface area (Å²) in [5, 5.41) is 2.31. The highest BCUT2D eigenvalue weighted by molar-refractivity contribution is 7.88. The number of pyridine rings is 2. The van der Waals surface area contributed by atoms with Crippen LogP contribution in [0.1, 0.15) is 47.8 Å². The fourth-order valence-electron chi connectivity index (χ4n) is 4.56. The summed E-state index contributed by atoms with van der Waals surface area (Å²) in [6.45, 7) is 1.16. The van der Waals surface area contributed by atoms with Gasteiger partial charge in [0.05, 0.1) is 23.7 Å². The molecule has 1 atom stereocenters. The maximum Gasteiger partial charge on any atom is 0.208 e. The van der Waals surface area contributed by atoms with Gasteiger partial charge in [-0.1, -0.05) is 30.3 Å². The van der Waals surface area contributed by atoms with E-state index in [1.807, 2.05) is 24.5 Å². The lowest BCUT2D eigenvalue weighted by Crippen LogP contribution is -2.29. The summed E-state index contributed by atoms with van der Waals surface area (Å²) in [4.78, 5) is 11.9. The van der Waals surface area contributed by atoms with E-state index in [1.165, 1.54) is 34.9 Å². The Balaban J connectivity index is 1.58. The molecule has 1 N–H and O–H groups in total. The second-order valence-corrected chi connectivity index (χ2v) is 10.2. The molecule has 0 bridgehead atoms. The van der Waals surface area contributed by atoms with Gasteiger partial charge in [0.2, 0.25) is 10.0 Å². The molecule has 0 amide bonds. The first-order valence-corrected chi connectivity index (χ1v) is 12.8. The van der Waals surface area contributed by atoms with Crippen molar-refractivity contribution >= 4 is 20.8 Å². The molecule has 7 heteroatoms. The first-order chi connectivity index (χ1) is 14.9. The fourth-order valence-corrected chi connectivity index (χ4v) is 5.08. The molecule has 0 saturated heterocycles. The van der Waals surface area contributed by atoms with Gasteiger partial charge >= 0.3 is 0 Å². The molecular weight excluding hydrogens is 408 g/mol. The van der Waals surface area contributed by atoms with Gasteiger partial charge < -0.3 is 0 Å². The van der Waals surface area contributed by atoms with Crippen LogP contribution in [0.2, 0.25) is 0 Å². The van der Waals surface area contributed by atoms with E-state index in [1.54, 1.807) is 0 Å². The molecule has 6 nitrogen and oxygen atoms in total. The minimum Gasteiger partial charge on any atom is -0.292 e. The molecule has 3 aromatic rings. The topological polar surface area (TPSA) is 75.2 Å². The number of nitrogens with zero attached hydrogens (tertiary/aromatic N) is 3. The van der Waals surface area contributed by atoms with Gasteiger partial charge in [0.1, 0.15) is 0 Å². The molecule has 1 aromatic carbocycles. The number of fused-ring (bicyclic) bond motifs is 2. The molecule has 0 aliphatic heterocycles. The summed E-state index contributed by atoms with van der Waals surface area (Å²) < 4.78 is 25.4. The molecule has 1 aliphatic carbocycles. The Bertz CT molecular complexity index is 1160. The van der Waals surface area contributed by atoms with E-state index in [0.29, 0.717) is 6.54 Å². The second-order valence-electron chi connectivity index (χ2n) is 8.41. The van der Waals surface area contributed by atoms with Gasteiger partial charge in [-0.2, -0.15) is 0 Å².